The lowest BCUT2D eigenvalue weighted by molar-refractivity contribution is -0.137. The molecule has 1 N–H and O–H groups in total. The Hall–Kier alpha value is -1.88. The van der Waals surface area contributed by atoms with Crippen molar-refractivity contribution >= 4 is 0 Å². The summed E-state index contributed by atoms with van der Waals surface area (Å²) in [6, 6.07) is 8.82. The SMILES string of the molecule is CCNC(c1ccncc1)c1ccc(C(F)(F)F)cc1. The molecule has 2 nitrogen and oxygen atoms in total. The molecule has 0 amide bonds. The third-order valence-electron chi connectivity index (χ3n) is 3.02. The molecule has 1 aromatic carbocycles. The molecular formula is C15H15F3N2. The number of nitrogens with one attached hydrogen (secondary N) is 1. The van der Waals surface area contributed by atoms with E-state index in [4.69, 9.17) is 0 Å². The van der Waals surface area contributed by atoms with Crippen LogP contribution in [-0.4, -0.2) is 11.5 Å². The third kappa shape index (κ3) is 3.36. The molecule has 0 aliphatic rings. The number of alkyl halides is 3. The number of hydrogen-bond donors (Lipinski definition) is 1. The first kappa shape index (κ1) is 14.5. The number of rotatable bonds is 4. The van der Waals surface area contributed by atoms with E-state index in [9.17, 15) is 13.2 Å². The summed E-state index contributed by atoms with van der Waals surface area (Å²) in [5.74, 6) is 0. The molecule has 1 unspecified atom stereocenters. The first-order valence-electron chi connectivity index (χ1n) is 6.33. The van der Waals surface area contributed by atoms with Crippen LogP contribution in [-0.2, 0) is 6.18 Å². The molecule has 0 bridgehead atoms. The highest BCUT2D eigenvalue weighted by Gasteiger charge is 2.30. The Bertz CT molecular complexity index is 535. The van der Waals surface area contributed by atoms with Gasteiger partial charge >= 0.3 is 6.18 Å². The number of nitrogens with zero attached hydrogens (tertiary/aromatic N) is 1. The van der Waals surface area contributed by atoms with Crippen molar-refractivity contribution in [2.75, 3.05) is 6.54 Å². The van der Waals surface area contributed by atoms with Gasteiger partial charge in [-0.1, -0.05) is 19.1 Å². The zero-order valence-electron chi connectivity index (χ0n) is 11.0. The Kier molecular flexibility index (Phi) is 4.39. The normalized spacial score (nSPS) is 13.2. The highest BCUT2D eigenvalue weighted by Crippen LogP contribution is 2.30. The predicted octanol–water partition coefficient (Wildman–Crippen LogP) is 3.80. The van der Waals surface area contributed by atoms with Gasteiger partial charge in [0.25, 0.3) is 0 Å². The predicted molar refractivity (Wildman–Crippen MR) is 71.2 cm³/mol. The summed E-state index contributed by atoms with van der Waals surface area (Å²) in [4.78, 5) is 3.95. The maximum absolute atomic E-state index is 12.6. The molecule has 1 aromatic heterocycles. The van der Waals surface area contributed by atoms with Gasteiger partial charge in [0.05, 0.1) is 11.6 Å². The summed E-state index contributed by atoms with van der Waals surface area (Å²) in [6.07, 6.45) is -0.962. The van der Waals surface area contributed by atoms with E-state index in [1.807, 2.05) is 19.1 Å². The molecule has 0 saturated carbocycles. The molecule has 0 radical (unpaired) electrons. The number of pyridine rings is 1. The molecule has 1 heterocycles. The first-order chi connectivity index (χ1) is 9.52. The molecule has 0 aliphatic heterocycles. The molecule has 20 heavy (non-hydrogen) atoms. The van der Waals surface area contributed by atoms with Gasteiger partial charge in [0.2, 0.25) is 0 Å². The first-order valence-corrected chi connectivity index (χ1v) is 6.33. The van der Waals surface area contributed by atoms with Crippen molar-refractivity contribution < 1.29 is 13.2 Å². The van der Waals surface area contributed by atoms with E-state index in [1.54, 1.807) is 12.4 Å². The molecule has 0 spiro atoms. The van der Waals surface area contributed by atoms with E-state index in [2.05, 4.69) is 10.3 Å². The molecule has 0 aliphatic carbocycles. The minimum atomic E-state index is -4.30. The lowest BCUT2D eigenvalue weighted by Gasteiger charge is -2.19. The van der Waals surface area contributed by atoms with Crippen LogP contribution in [0.4, 0.5) is 13.2 Å². The Balaban J connectivity index is 2.31. The fourth-order valence-corrected chi connectivity index (χ4v) is 2.05. The second-order valence-corrected chi connectivity index (χ2v) is 4.39. The summed E-state index contributed by atoms with van der Waals surface area (Å²) < 4.78 is 37.7. The van der Waals surface area contributed by atoms with Gasteiger partial charge in [0.1, 0.15) is 0 Å². The number of halogens is 3. The lowest BCUT2D eigenvalue weighted by Crippen LogP contribution is -2.22. The average molecular weight is 280 g/mol. The standard InChI is InChI=1S/C15H15F3N2/c1-2-20-14(12-7-9-19-10-8-12)11-3-5-13(6-4-11)15(16,17)18/h3-10,14,20H,2H2,1H3. The molecular weight excluding hydrogens is 265 g/mol. The second-order valence-electron chi connectivity index (χ2n) is 4.39. The van der Waals surface area contributed by atoms with Gasteiger partial charge in [-0.2, -0.15) is 13.2 Å². The Morgan fingerprint density at radius 1 is 1.00 bits per heavy atom. The van der Waals surface area contributed by atoms with Crippen molar-refractivity contribution in [1.82, 2.24) is 10.3 Å². The lowest BCUT2D eigenvalue weighted by atomic mass is 9.98. The summed E-state index contributed by atoms with van der Waals surface area (Å²) in [7, 11) is 0. The van der Waals surface area contributed by atoms with Crippen molar-refractivity contribution in [2.45, 2.75) is 19.1 Å². The largest absolute Gasteiger partial charge is 0.416 e. The monoisotopic (exact) mass is 280 g/mol. The second kappa shape index (κ2) is 6.05. The highest BCUT2D eigenvalue weighted by atomic mass is 19.4. The fraction of sp³-hybridized carbons (Fsp3) is 0.267. The van der Waals surface area contributed by atoms with Crippen LogP contribution in [0.1, 0.15) is 29.7 Å². The minimum Gasteiger partial charge on any atom is -0.307 e. The Morgan fingerprint density at radius 2 is 1.55 bits per heavy atom. The Morgan fingerprint density at radius 3 is 2.05 bits per heavy atom. The molecule has 0 saturated heterocycles. The smallest absolute Gasteiger partial charge is 0.307 e. The van der Waals surface area contributed by atoms with Crippen LogP contribution in [0.15, 0.2) is 48.8 Å². The van der Waals surface area contributed by atoms with Gasteiger partial charge < -0.3 is 5.32 Å². The van der Waals surface area contributed by atoms with Crippen molar-refractivity contribution in [3.05, 3.63) is 65.5 Å². The quantitative estimate of drug-likeness (QED) is 0.921. The van der Waals surface area contributed by atoms with Gasteiger partial charge in [0, 0.05) is 12.4 Å². The van der Waals surface area contributed by atoms with Gasteiger partial charge in [-0.05, 0) is 41.9 Å². The van der Waals surface area contributed by atoms with E-state index < -0.39 is 11.7 Å². The van der Waals surface area contributed by atoms with Gasteiger partial charge in [-0.25, -0.2) is 0 Å². The van der Waals surface area contributed by atoms with Crippen LogP contribution in [0, 0.1) is 0 Å². The molecule has 106 valence electrons. The Labute approximate surface area is 115 Å². The van der Waals surface area contributed by atoms with Crippen molar-refractivity contribution in [2.24, 2.45) is 0 Å². The van der Waals surface area contributed by atoms with E-state index in [0.29, 0.717) is 6.54 Å². The number of benzene rings is 1. The van der Waals surface area contributed by atoms with E-state index in [-0.39, 0.29) is 6.04 Å². The van der Waals surface area contributed by atoms with E-state index >= 15 is 0 Å². The fourth-order valence-electron chi connectivity index (χ4n) is 2.05. The van der Waals surface area contributed by atoms with Crippen molar-refractivity contribution in [3.8, 4) is 0 Å². The summed E-state index contributed by atoms with van der Waals surface area (Å²) in [5, 5.41) is 3.26. The summed E-state index contributed by atoms with van der Waals surface area (Å²) in [6.45, 7) is 2.67. The topological polar surface area (TPSA) is 24.9 Å². The number of aromatic nitrogens is 1. The van der Waals surface area contributed by atoms with Gasteiger partial charge in [-0.3, -0.25) is 4.98 Å². The molecule has 5 heteroatoms. The highest BCUT2D eigenvalue weighted by molar-refractivity contribution is 5.33. The number of hydrogen-bond acceptors (Lipinski definition) is 2. The van der Waals surface area contributed by atoms with Crippen LogP contribution in [0.5, 0.6) is 0 Å². The van der Waals surface area contributed by atoms with Crippen LogP contribution in [0.2, 0.25) is 0 Å². The van der Waals surface area contributed by atoms with Crippen LogP contribution in [0.3, 0.4) is 0 Å². The third-order valence-corrected chi connectivity index (χ3v) is 3.02. The molecule has 2 rings (SSSR count). The zero-order valence-corrected chi connectivity index (χ0v) is 11.0. The maximum atomic E-state index is 12.6. The van der Waals surface area contributed by atoms with Crippen molar-refractivity contribution in [1.29, 1.82) is 0 Å². The van der Waals surface area contributed by atoms with Crippen LogP contribution >= 0.6 is 0 Å². The van der Waals surface area contributed by atoms with Crippen LogP contribution in [0.25, 0.3) is 0 Å². The van der Waals surface area contributed by atoms with Crippen LogP contribution < -0.4 is 5.32 Å². The summed E-state index contributed by atoms with van der Waals surface area (Å²) in [5.41, 5.74) is 1.14. The average Bonchev–Trinajstić information content (AvgIpc) is 2.45. The van der Waals surface area contributed by atoms with Crippen molar-refractivity contribution in [3.63, 3.8) is 0 Å². The molecule has 0 fully saturated rings. The molecule has 2 aromatic rings. The van der Waals surface area contributed by atoms with Gasteiger partial charge in [-0.15, -0.1) is 0 Å². The minimum absolute atomic E-state index is 0.134. The summed E-state index contributed by atoms with van der Waals surface area (Å²) >= 11 is 0. The van der Waals surface area contributed by atoms with E-state index in [0.717, 1.165) is 23.3 Å². The molecule has 1 atom stereocenters. The van der Waals surface area contributed by atoms with Gasteiger partial charge in [0.15, 0.2) is 0 Å². The van der Waals surface area contributed by atoms with E-state index in [1.165, 1.54) is 12.1 Å². The zero-order chi connectivity index (χ0) is 14.6. The maximum Gasteiger partial charge on any atom is 0.416 e.